The Balaban J connectivity index is 2.30. The summed E-state index contributed by atoms with van der Waals surface area (Å²) < 4.78 is 67.8. The van der Waals surface area contributed by atoms with Crippen LogP contribution in [-0.4, -0.2) is 21.0 Å². The molecule has 2 rings (SSSR count). The van der Waals surface area contributed by atoms with Crippen molar-refractivity contribution in [1.29, 1.82) is 0 Å². The van der Waals surface area contributed by atoms with E-state index >= 15 is 0 Å². The highest BCUT2D eigenvalue weighted by atomic mass is 32.2. The molecule has 0 unspecified atom stereocenters. The van der Waals surface area contributed by atoms with Crippen molar-refractivity contribution in [2.45, 2.75) is 11.1 Å². The monoisotopic (exact) mass is 307 g/mol. The smallest absolute Gasteiger partial charge is 0.416 e. The van der Waals surface area contributed by atoms with E-state index in [2.05, 4.69) is 4.74 Å². The molecule has 1 heterocycles. The maximum Gasteiger partial charge on any atom is 0.416 e. The van der Waals surface area contributed by atoms with Crippen LogP contribution in [0.15, 0.2) is 40.9 Å². The summed E-state index contributed by atoms with van der Waals surface area (Å²) in [5.74, 6) is -0.716. The fourth-order valence-corrected chi connectivity index (χ4v) is 2.63. The number of carbonyl (C=O) groups is 1. The number of nitrogens with one attached hydrogen (secondary N) is 1. The van der Waals surface area contributed by atoms with Crippen molar-refractivity contribution in [3.8, 4) is 0 Å². The van der Waals surface area contributed by atoms with Crippen LogP contribution < -0.4 is 4.72 Å². The molecule has 1 aromatic rings. The van der Waals surface area contributed by atoms with Gasteiger partial charge in [0.05, 0.1) is 16.2 Å². The number of carbonyl (C=O) groups excluding carboxylic acids is 1. The third kappa shape index (κ3) is 3.10. The summed E-state index contributed by atoms with van der Waals surface area (Å²) >= 11 is 0. The molecule has 1 aromatic carbocycles. The molecular formula is C11H8F3NO4S. The molecule has 0 saturated heterocycles. The summed E-state index contributed by atoms with van der Waals surface area (Å²) in [6, 6.07) is 3.29. The lowest BCUT2D eigenvalue weighted by atomic mass is 10.2. The molecule has 0 amide bonds. The molecule has 108 valence electrons. The minimum atomic E-state index is -4.64. The third-order valence-electron chi connectivity index (χ3n) is 2.40. The van der Waals surface area contributed by atoms with Gasteiger partial charge in [0, 0.05) is 6.08 Å². The molecule has 0 aliphatic carbocycles. The van der Waals surface area contributed by atoms with Gasteiger partial charge in [-0.1, -0.05) is 6.07 Å². The molecule has 9 heteroatoms. The molecule has 0 saturated carbocycles. The van der Waals surface area contributed by atoms with Crippen molar-refractivity contribution >= 4 is 16.0 Å². The minimum Gasteiger partial charge on any atom is -0.456 e. The Hall–Kier alpha value is -2.03. The molecule has 0 aromatic heterocycles. The topological polar surface area (TPSA) is 72.5 Å². The van der Waals surface area contributed by atoms with E-state index in [0.29, 0.717) is 6.07 Å². The van der Waals surface area contributed by atoms with Crippen molar-refractivity contribution in [1.82, 2.24) is 4.72 Å². The van der Waals surface area contributed by atoms with Gasteiger partial charge in [-0.2, -0.15) is 13.2 Å². The van der Waals surface area contributed by atoms with Gasteiger partial charge in [0.25, 0.3) is 10.0 Å². The second-order valence-electron chi connectivity index (χ2n) is 3.91. The van der Waals surface area contributed by atoms with E-state index < -0.39 is 32.6 Å². The summed E-state index contributed by atoms with van der Waals surface area (Å²) in [5, 5.41) is 0. The van der Waals surface area contributed by atoms with E-state index in [0.717, 1.165) is 24.3 Å². The van der Waals surface area contributed by atoms with E-state index in [1.165, 1.54) is 0 Å². The highest BCUT2D eigenvalue weighted by Gasteiger charge is 2.32. The molecule has 5 nitrogen and oxygen atoms in total. The average Bonchev–Trinajstić information content (AvgIpc) is 2.73. The van der Waals surface area contributed by atoms with Crippen molar-refractivity contribution in [3.63, 3.8) is 0 Å². The first-order valence-electron chi connectivity index (χ1n) is 5.26. The Bertz CT molecular complexity index is 679. The van der Waals surface area contributed by atoms with Crippen LogP contribution in [0.2, 0.25) is 0 Å². The van der Waals surface area contributed by atoms with Crippen LogP contribution in [0.4, 0.5) is 13.2 Å². The number of benzene rings is 1. The van der Waals surface area contributed by atoms with Crippen molar-refractivity contribution in [2.24, 2.45) is 0 Å². The molecule has 0 spiro atoms. The largest absolute Gasteiger partial charge is 0.456 e. The summed E-state index contributed by atoms with van der Waals surface area (Å²) in [6.07, 6.45) is -3.72. The summed E-state index contributed by atoms with van der Waals surface area (Å²) in [7, 11) is -4.20. The number of alkyl halides is 3. The summed E-state index contributed by atoms with van der Waals surface area (Å²) in [4.78, 5) is 10.2. The normalized spacial score (nSPS) is 15.8. The van der Waals surface area contributed by atoms with Crippen LogP contribution in [0, 0.1) is 0 Å². The fraction of sp³-hybridized carbons (Fsp3) is 0.182. The quantitative estimate of drug-likeness (QED) is 0.857. The lowest BCUT2D eigenvalue weighted by Crippen LogP contribution is -2.24. The lowest BCUT2D eigenvalue weighted by Gasteiger charge is -2.10. The maximum absolute atomic E-state index is 12.5. The van der Waals surface area contributed by atoms with Gasteiger partial charge in [-0.15, -0.1) is 0 Å². The molecule has 0 radical (unpaired) electrons. The van der Waals surface area contributed by atoms with Gasteiger partial charge < -0.3 is 4.74 Å². The van der Waals surface area contributed by atoms with Crippen molar-refractivity contribution in [3.05, 3.63) is 41.6 Å². The lowest BCUT2D eigenvalue weighted by molar-refractivity contribution is -0.138. The van der Waals surface area contributed by atoms with E-state index in [4.69, 9.17) is 0 Å². The average molecular weight is 307 g/mol. The molecule has 1 aliphatic heterocycles. The number of esters is 1. The van der Waals surface area contributed by atoms with E-state index in [9.17, 15) is 26.4 Å². The van der Waals surface area contributed by atoms with E-state index in [-0.39, 0.29) is 12.3 Å². The number of cyclic esters (lactones) is 1. The Morgan fingerprint density at radius 2 is 1.95 bits per heavy atom. The van der Waals surface area contributed by atoms with Crippen LogP contribution in [-0.2, 0) is 25.7 Å². The highest BCUT2D eigenvalue weighted by Crippen LogP contribution is 2.30. The minimum absolute atomic E-state index is 0.0348. The zero-order valence-electron chi connectivity index (χ0n) is 9.77. The van der Waals surface area contributed by atoms with Crippen LogP contribution in [0.1, 0.15) is 5.56 Å². The van der Waals surface area contributed by atoms with Crippen LogP contribution in [0.25, 0.3) is 0 Å². The van der Waals surface area contributed by atoms with Gasteiger partial charge in [-0.3, -0.25) is 4.72 Å². The Kier molecular flexibility index (Phi) is 3.46. The first-order valence-corrected chi connectivity index (χ1v) is 6.74. The number of hydrogen-bond acceptors (Lipinski definition) is 4. The zero-order chi connectivity index (χ0) is 15.0. The van der Waals surface area contributed by atoms with Crippen molar-refractivity contribution in [2.75, 3.05) is 6.61 Å². The molecule has 0 atom stereocenters. The predicted octanol–water partition coefficient (Wildman–Crippen LogP) is 1.42. The SMILES string of the molecule is O=C1C=C(NS(=O)(=O)c2cccc(C(F)(F)F)c2)CO1. The number of rotatable bonds is 3. The van der Waals surface area contributed by atoms with Gasteiger partial charge in [0.1, 0.15) is 6.61 Å². The molecule has 1 aliphatic rings. The zero-order valence-corrected chi connectivity index (χ0v) is 10.6. The number of hydrogen-bond donors (Lipinski definition) is 1. The summed E-state index contributed by atoms with van der Waals surface area (Å²) in [6.45, 7) is -0.267. The number of ether oxygens (including phenoxy) is 1. The number of sulfonamides is 1. The molecule has 1 N–H and O–H groups in total. The standard InChI is InChI=1S/C11H8F3NO4S/c12-11(13,14)7-2-1-3-9(4-7)20(17,18)15-8-5-10(16)19-6-8/h1-5,15H,6H2. The van der Waals surface area contributed by atoms with Gasteiger partial charge in [0.2, 0.25) is 0 Å². The summed E-state index contributed by atoms with van der Waals surface area (Å²) in [5.41, 5.74) is -1.11. The number of halogens is 3. The first kappa shape index (κ1) is 14.4. The van der Waals surface area contributed by atoms with Crippen molar-refractivity contribution < 1.29 is 31.1 Å². The highest BCUT2D eigenvalue weighted by molar-refractivity contribution is 7.89. The second kappa shape index (κ2) is 4.82. The first-order chi connectivity index (χ1) is 9.18. The predicted molar refractivity (Wildman–Crippen MR) is 60.8 cm³/mol. The second-order valence-corrected chi connectivity index (χ2v) is 5.59. The van der Waals surface area contributed by atoms with E-state index in [1.807, 2.05) is 4.72 Å². The Morgan fingerprint density at radius 3 is 2.50 bits per heavy atom. The third-order valence-corrected chi connectivity index (χ3v) is 3.80. The van der Waals surface area contributed by atoms with Crippen LogP contribution in [0.3, 0.4) is 0 Å². The van der Waals surface area contributed by atoms with Gasteiger partial charge >= 0.3 is 12.1 Å². The molecule has 20 heavy (non-hydrogen) atoms. The Morgan fingerprint density at radius 1 is 1.25 bits per heavy atom. The van der Waals surface area contributed by atoms with Gasteiger partial charge in [-0.05, 0) is 18.2 Å². The fourth-order valence-electron chi connectivity index (χ4n) is 1.50. The van der Waals surface area contributed by atoms with E-state index in [1.54, 1.807) is 0 Å². The van der Waals surface area contributed by atoms with Crippen LogP contribution >= 0.6 is 0 Å². The van der Waals surface area contributed by atoms with Gasteiger partial charge in [-0.25, -0.2) is 13.2 Å². The van der Waals surface area contributed by atoms with Gasteiger partial charge in [0.15, 0.2) is 0 Å². The molecule has 0 fully saturated rings. The Labute approximate surface area is 112 Å². The van der Waals surface area contributed by atoms with Crippen LogP contribution in [0.5, 0.6) is 0 Å². The maximum atomic E-state index is 12.5. The molecule has 0 bridgehead atoms. The molecular weight excluding hydrogens is 299 g/mol.